The van der Waals surface area contributed by atoms with E-state index in [1.165, 1.54) is 0 Å². The summed E-state index contributed by atoms with van der Waals surface area (Å²) in [5, 5.41) is 12.7. The third-order valence-electron chi connectivity index (χ3n) is 1.81. The number of rotatable bonds is 5. The predicted octanol–water partition coefficient (Wildman–Crippen LogP) is -0.877. The van der Waals surface area contributed by atoms with Crippen LogP contribution in [-0.2, 0) is 4.79 Å². The van der Waals surface area contributed by atoms with Crippen LogP contribution >= 0.6 is 0 Å². The van der Waals surface area contributed by atoms with E-state index in [4.69, 9.17) is 5.73 Å². The lowest BCUT2D eigenvalue weighted by atomic mass is 10.3. The molecule has 0 saturated heterocycles. The molecule has 1 rings (SSSR count). The Labute approximate surface area is 92.4 Å². The maximum absolute atomic E-state index is 11.4. The molecule has 1 aromatic rings. The van der Waals surface area contributed by atoms with Crippen molar-refractivity contribution in [3.8, 4) is 0 Å². The van der Waals surface area contributed by atoms with Gasteiger partial charge in [-0.2, -0.15) is 0 Å². The van der Waals surface area contributed by atoms with Crippen LogP contribution in [0.25, 0.3) is 0 Å². The number of nitrogens with two attached hydrogens (primary N) is 1. The first-order chi connectivity index (χ1) is 7.63. The number of anilines is 1. The molecule has 0 aliphatic rings. The van der Waals surface area contributed by atoms with E-state index in [0.29, 0.717) is 5.82 Å². The molecule has 0 spiro atoms. The van der Waals surface area contributed by atoms with Crippen LogP contribution in [0.15, 0.2) is 12.1 Å². The lowest BCUT2D eigenvalue weighted by molar-refractivity contribution is -0.117. The second-order valence-electron chi connectivity index (χ2n) is 3.03. The van der Waals surface area contributed by atoms with Gasteiger partial charge < -0.3 is 16.4 Å². The van der Waals surface area contributed by atoms with Gasteiger partial charge in [-0.25, -0.2) is 0 Å². The van der Waals surface area contributed by atoms with E-state index >= 15 is 0 Å². The predicted molar refractivity (Wildman–Crippen MR) is 57.7 cm³/mol. The van der Waals surface area contributed by atoms with Gasteiger partial charge in [-0.3, -0.25) is 9.59 Å². The molecule has 7 heteroatoms. The van der Waals surface area contributed by atoms with Crippen molar-refractivity contribution < 1.29 is 9.59 Å². The van der Waals surface area contributed by atoms with Crippen molar-refractivity contribution in [2.45, 2.75) is 6.42 Å². The molecule has 0 bridgehead atoms. The van der Waals surface area contributed by atoms with E-state index in [9.17, 15) is 9.59 Å². The van der Waals surface area contributed by atoms with Gasteiger partial charge in [0.2, 0.25) is 5.91 Å². The standard InChI is InChI=1S/C9H13N5O2/c1-11-8-3-2-6(13-14-8)9(16)12-5-4-7(10)15/h2-3H,4-5H2,1H3,(H2,10,15)(H,11,14)(H,12,16). The highest BCUT2D eigenvalue weighted by molar-refractivity contribution is 5.92. The fourth-order valence-corrected chi connectivity index (χ4v) is 0.976. The highest BCUT2D eigenvalue weighted by Gasteiger charge is 2.07. The Bertz CT molecular complexity index is 376. The summed E-state index contributed by atoms with van der Waals surface area (Å²) in [6.45, 7) is 0.198. The molecular formula is C9H13N5O2. The van der Waals surface area contributed by atoms with E-state index in [2.05, 4.69) is 20.8 Å². The maximum atomic E-state index is 11.4. The van der Waals surface area contributed by atoms with Crippen LogP contribution in [-0.4, -0.2) is 35.6 Å². The number of hydrogen-bond donors (Lipinski definition) is 3. The van der Waals surface area contributed by atoms with E-state index < -0.39 is 5.91 Å². The van der Waals surface area contributed by atoms with Crippen molar-refractivity contribution in [3.63, 3.8) is 0 Å². The zero-order valence-corrected chi connectivity index (χ0v) is 8.86. The van der Waals surface area contributed by atoms with Gasteiger partial charge in [-0.15, -0.1) is 10.2 Å². The Balaban J connectivity index is 2.49. The van der Waals surface area contributed by atoms with Crippen LogP contribution in [0.5, 0.6) is 0 Å². The fourth-order valence-electron chi connectivity index (χ4n) is 0.976. The molecule has 2 amide bonds. The minimum atomic E-state index is -0.461. The number of hydrogen-bond acceptors (Lipinski definition) is 5. The lowest BCUT2D eigenvalue weighted by Crippen LogP contribution is -2.28. The van der Waals surface area contributed by atoms with E-state index in [1.54, 1.807) is 19.2 Å². The van der Waals surface area contributed by atoms with Crippen LogP contribution in [0.1, 0.15) is 16.9 Å². The second kappa shape index (κ2) is 5.64. The Morgan fingerprint density at radius 1 is 1.38 bits per heavy atom. The highest BCUT2D eigenvalue weighted by atomic mass is 16.2. The van der Waals surface area contributed by atoms with Crippen LogP contribution in [0, 0.1) is 0 Å². The van der Waals surface area contributed by atoms with Crippen molar-refractivity contribution in [2.75, 3.05) is 18.9 Å². The SMILES string of the molecule is CNc1ccc(C(=O)NCCC(N)=O)nn1. The third-order valence-corrected chi connectivity index (χ3v) is 1.81. The van der Waals surface area contributed by atoms with Crippen molar-refractivity contribution in [1.29, 1.82) is 0 Å². The molecule has 0 aliphatic heterocycles. The zero-order valence-electron chi connectivity index (χ0n) is 8.86. The molecule has 0 fully saturated rings. The number of carbonyl (C=O) groups excluding carboxylic acids is 2. The van der Waals surface area contributed by atoms with Crippen molar-refractivity contribution >= 4 is 17.6 Å². The second-order valence-corrected chi connectivity index (χ2v) is 3.03. The molecular weight excluding hydrogens is 210 g/mol. The number of amides is 2. The number of primary amides is 1. The first kappa shape index (κ1) is 11.9. The van der Waals surface area contributed by atoms with Gasteiger partial charge in [0.1, 0.15) is 5.82 Å². The van der Waals surface area contributed by atoms with E-state index in [1.807, 2.05) is 0 Å². The van der Waals surface area contributed by atoms with Crippen molar-refractivity contribution in [2.24, 2.45) is 5.73 Å². The largest absolute Gasteiger partial charge is 0.372 e. The normalized spacial score (nSPS) is 9.56. The van der Waals surface area contributed by atoms with Crippen molar-refractivity contribution in [1.82, 2.24) is 15.5 Å². The van der Waals surface area contributed by atoms with E-state index in [-0.39, 0.29) is 24.6 Å². The minimum absolute atomic E-state index is 0.105. The molecule has 0 aromatic carbocycles. The summed E-state index contributed by atoms with van der Waals surface area (Å²) < 4.78 is 0. The Morgan fingerprint density at radius 2 is 2.12 bits per heavy atom. The molecule has 0 radical (unpaired) electrons. The topological polar surface area (TPSA) is 110 Å². The molecule has 4 N–H and O–H groups in total. The van der Waals surface area contributed by atoms with Gasteiger partial charge in [0.05, 0.1) is 0 Å². The molecule has 0 aliphatic carbocycles. The average molecular weight is 223 g/mol. The molecule has 1 aromatic heterocycles. The molecule has 0 saturated carbocycles. The Morgan fingerprint density at radius 3 is 2.62 bits per heavy atom. The van der Waals surface area contributed by atoms with Gasteiger partial charge in [0, 0.05) is 20.0 Å². The van der Waals surface area contributed by atoms with Crippen molar-refractivity contribution in [3.05, 3.63) is 17.8 Å². The molecule has 86 valence electrons. The number of nitrogens with zero attached hydrogens (tertiary/aromatic N) is 2. The van der Waals surface area contributed by atoms with Crippen LogP contribution < -0.4 is 16.4 Å². The summed E-state index contributed by atoms with van der Waals surface area (Å²) >= 11 is 0. The zero-order chi connectivity index (χ0) is 12.0. The molecule has 7 nitrogen and oxygen atoms in total. The molecule has 0 unspecified atom stereocenters. The highest BCUT2D eigenvalue weighted by Crippen LogP contribution is 2.00. The number of nitrogens with one attached hydrogen (secondary N) is 2. The van der Waals surface area contributed by atoms with Crippen LogP contribution in [0.4, 0.5) is 5.82 Å². The Kier molecular flexibility index (Phi) is 4.19. The van der Waals surface area contributed by atoms with Crippen LogP contribution in [0.3, 0.4) is 0 Å². The summed E-state index contributed by atoms with van der Waals surface area (Å²) in [5.41, 5.74) is 5.13. The minimum Gasteiger partial charge on any atom is -0.372 e. The maximum Gasteiger partial charge on any atom is 0.271 e. The summed E-state index contributed by atoms with van der Waals surface area (Å²) in [4.78, 5) is 21.9. The van der Waals surface area contributed by atoms with Gasteiger partial charge in [-0.05, 0) is 12.1 Å². The fraction of sp³-hybridized carbons (Fsp3) is 0.333. The lowest BCUT2D eigenvalue weighted by Gasteiger charge is -2.03. The van der Waals surface area contributed by atoms with Crippen LogP contribution in [0.2, 0.25) is 0 Å². The first-order valence-electron chi connectivity index (χ1n) is 4.71. The summed E-state index contributed by atoms with van der Waals surface area (Å²) in [5.74, 6) is -0.262. The molecule has 16 heavy (non-hydrogen) atoms. The van der Waals surface area contributed by atoms with Gasteiger partial charge in [0.15, 0.2) is 5.69 Å². The van der Waals surface area contributed by atoms with E-state index in [0.717, 1.165) is 0 Å². The monoisotopic (exact) mass is 223 g/mol. The third kappa shape index (κ3) is 3.52. The quantitative estimate of drug-likeness (QED) is 0.600. The van der Waals surface area contributed by atoms with Gasteiger partial charge >= 0.3 is 0 Å². The summed E-state index contributed by atoms with van der Waals surface area (Å²) in [7, 11) is 1.70. The number of aromatic nitrogens is 2. The average Bonchev–Trinajstić information content (AvgIpc) is 2.28. The molecule has 0 atom stereocenters. The first-order valence-corrected chi connectivity index (χ1v) is 4.71. The smallest absolute Gasteiger partial charge is 0.271 e. The van der Waals surface area contributed by atoms with Gasteiger partial charge in [0.25, 0.3) is 5.91 Å². The summed E-state index contributed by atoms with van der Waals surface area (Å²) in [6, 6.07) is 3.18. The Hall–Kier alpha value is -2.18. The number of carbonyl (C=O) groups is 2. The summed E-state index contributed by atoms with van der Waals surface area (Å²) in [6.07, 6.45) is 0.105. The molecule has 1 heterocycles. The van der Waals surface area contributed by atoms with Gasteiger partial charge in [-0.1, -0.05) is 0 Å².